The lowest BCUT2D eigenvalue weighted by atomic mass is 10.1. The van der Waals surface area contributed by atoms with Crippen LogP contribution in [0.5, 0.6) is 0 Å². The largest absolute Gasteiger partial charge is 0.354 e. The maximum absolute atomic E-state index is 12.6. The van der Waals surface area contributed by atoms with Gasteiger partial charge in [0.2, 0.25) is 11.8 Å². The summed E-state index contributed by atoms with van der Waals surface area (Å²) in [6.07, 6.45) is 0.534. The van der Waals surface area contributed by atoms with Crippen LogP contribution in [0.3, 0.4) is 0 Å². The molecule has 1 aliphatic rings. The summed E-state index contributed by atoms with van der Waals surface area (Å²) in [7, 11) is 0. The Morgan fingerprint density at radius 2 is 1.88 bits per heavy atom. The average molecular weight is 349 g/mol. The first-order valence-electron chi connectivity index (χ1n) is 8.66. The number of aromatic nitrogens is 3. The van der Waals surface area contributed by atoms with E-state index in [0.717, 1.165) is 16.7 Å². The van der Waals surface area contributed by atoms with Gasteiger partial charge in [0.05, 0.1) is 12.1 Å². The second-order valence-corrected chi connectivity index (χ2v) is 6.26. The van der Waals surface area contributed by atoms with Crippen molar-refractivity contribution >= 4 is 28.5 Å². The SMILES string of the molecule is O=C(NCCn1nnc2ccccc21)C1CCN(c2ccccc2)C1=O. The van der Waals surface area contributed by atoms with E-state index < -0.39 is 5.92 Å². The standard InChI is InChI=1S/C19H19N5O2/c25-18(15-10-12-23(19(15)26)14-6-2-1-3-7-14)20-11-13-24-17-9-5-4-8-16(17)21-22-24/h1-9,15H,10-13H2,(H,20,25). The summed E-state index contributed by atoms with van der Waals surface area (Å²) in [5.41, 5.74) is 2.58. The first-order valence-corrected chi connectivity index (χ1v) is 8.66. The lowest BCUT2D eigenvalue weighted by molar-refractivity contribution is -0.132. The summed E-state index contributed by atoms with van der Waals surface area (Å²) >= 11 is 0. The minimum Gasteiger partial charge on any atom is -0.354 e. The molecule has 3 aromatic rings. The molecule has 0 aliphatic carbocycles. The molecule has 4 rings (SSSR count). The second kappa shape index (κ2) is 6.95. The molecule has 1 atom stereocenters. The number of para-hydroxylation sites is 2. The van der Waals surface area contributed by atoms with Gasteiger partial charge in [-0.25, -0.2) is 4.68 Å². The number of hydrogen-bond donors (Lipinski definition) is 1. The van der Waals surface area contributed by atoms with E-state index in [-0.39, 0.29) is 11.8 Å². The number of benzene rings is 2. The molecule has 1 aromatic heterocycles. The summed E-state index contributed by atoms with van der Waals surface area (Å²) < 4.78 is 1.75. The summed E-state index contributed by atoms with van der Waals surface area (Å²) in [6.45, 7) is 1.48. The molecule has 1 unspecified atom stereocenters. The Morgan fingerprint density at radius 1 is 1.12 bits per heavy atom. The third kappa shape index (κ3) is 3.03. The molecule has 0 radical (unpaired) electrons. The zero-order chi connectivity index (χ0) is 17.9. The maximum atomic E-state index is 12.6. The van der Waals surface area contributed by atoms with Gasteiger partial charge >= 0.3 is 0 Å². The Hall–Kier alpha value is -3.22. The highest BCUT2D eigenvalue weighted by atomic mass is 16.2. The smallest absolute Gasteiger partial charge is 0.239 e. The van der Waals surface area contributed by atoms with Crippen molar-refractivity contribution in [2.24, 2.45) is 5.92 Å². The molecule has 132 valence electrons. The van der Waals surface area contributed by atoms with Gasteiger partial charge in [-0.3, -0.25) is 9.59 Å². The molecule has 1 aliphatic heterocycles. The van der Waals surface area contributed by atoms with E-state index in [0.29, 0.717) is 26.1 Å². The minimum absolute atomic E-state index is 0.139. The normalized spacial score (nSPS) is 17.0. The topological polar surface area (TPSA) is 80.1 Å². The molecule has 26 heavy (non-hydrogen) atoms. The molecular formula is C19H19N5O2. The number of carbonyl (C=O) groups excluding carboxylic acids is 2. The number of nitrogens with zero attached hydrogens (tertiary/aromatic N) is 4. The minimum atomic E-state index is -0.623. The predicted molar refractivity (Wildman–Crippen MR) is 97.4 cm³/mol. The molecule has 0 spiro atoms. The highest BCUT2D eigenvalue weighted by Crippen LogP contribution is 2.25. The Kier molecular flexibility index (Phi) is 4.35. The second-order valence-electron chi connectivity index (χ2n) is 6.26. The number of nitrogens with one attached hydrogen (secondary N) is 1. The molecule has 7 nitrogen and oxygen atoms in total. The summed E-state index contributed by atoms with van der Waals surface area (Å²) in [4.78, 5) is 26.6. The summed E-state index contributed by atoms with van der Waals surface area (Å²) in [5, 5.41) is 11.0. The van der Waals surface area contributed by atoms with Crippen LogP contribution in [0.4, 0.5) is 5.69 Å². The molecule has 7 heteroatoms. The first-order chi connectivity index (χ1) is 12.7. The van der Waals surface area contributed by atoms with Crippen molar-refractivity contribution in [1.82, 2.24) is 20.3 Å². The lowest BCUT2D eigenvalue weighted by Crippen LogP contribution is -2.38. The van der Waals surface area contributed by atoms with Crippen molar-refractivity contribution in [3.8, 4) is 0 Å². The summed E-state index contributed by atoms with van der Waals surface area (Å²) in [5.74, 6) is -0.986. The molecule has 2 amide bonds. The fourth-order valence-corrected chi connectivity index (χ4v) is 3.28. The van der Waals surface area contributed by atoms with Gasteiger partial charge in [-0.1, -0.05) is 35.5 Å². The van der Waals surface area contributed by atoms with Crippen LogP contribution in [-0.2, 0) is 16.1 Å². The highest BCUT2D eigenvalue weighted by molar-refractivity contribution is 6.09. The number of carbonyl (C=O) groups is 2. The van der Waals surface area contributed by atoms with Gasteiger partial charge in [-0.2, -0.15) is 0 Å². The van der Waals surface area contributed by atoms with Gasteiger partial charge < -0.3 is 10.2 Å². The van der Waals surface area contributed by atoms with Crippen molar-refractivity contribution in [3.05, 3.63) is 54.6 Å². The molecule has 1 fully saturated rings. The number of amides is 2. The van der Waals surface area contributed by atoms with Crippen molar-refractivity contribution in [3.63, 3.8) is 0 Å². The fourth-order valence-electron chi connectivity index (χ4n) is 3.28. The lowest BCUT2D eigenvalue weighted by Gasteiger charge is -2.16. The van der Waals surface area contributed by atoms with Crippen LogP contribution < -0.4 is 10.2 Å². The van der Waals surface area contributed by atoms with Gasteiger partial charge in [0.1, 0.15) is 11.4 Å². The predicted octanol–water partition coefficient (Wildman–Crippen LogP) is 1.60. The van der Waals surface area contributed by atoms with Gasteiger partial charge in [-0.15, -0.1) is 5.10 Å². The van der Waals surface area contributed by atoms with Crippen LogP contribution >= 0.6 is 0 Å². The van der Waals surface area contributed by atoms with Gasteiger partial charge in [0.15, 0.2) is 0 Å². The number of rotatable bonds is 5. The maximum Gasteiger partial charge on any atom is 0.239 e. The van der Waals surface area contributed by atoms with E-state index >= 15 is 0 Å². The third-order valence-electron chi connectivity index (χ3n) is 4.63. The zero-order valence-electron chi connectivity index (χ0n) is 14.2. The first kappa shape index (κ1) is 16.3. The third-order valence-corrected chi connectivity index (χ3v) is 4.63. The van der Waals surface area contributed by atoms with E-state index in [1.54, 1.807) is 9.58 Å². The Balaban J connectivity index is 1.35. The van der Waals surface area contributed by atoms with Crippen LogP contribution in [0.1, 0.15) is 6.42 Å². The van der Waals surface area contributed by atoms with Crippen molar-refractivity contribution in [2.75, 3.05) is 18.0 Å². The van der Waals surface area contributed by atoms with Crippen molar-refractivity contribution in [2.45, 2.75) is 13.0 Å². The monoisotopic (exact) mass is 349 g/mol. The van der Waals surface area contributed by atoms with Gasteiger partial charge in [0.25, 0.3) is 0 Å². The molecule has 2 heterocycles. The quantitative estimate of drug-likeness (QED) is 0.710. The highest BCUT2D eigenvalue weighted by Gasteiger charge is 2.37. The van der Waals surface area contributed by atoms with E-state index in [1.165, 1.54) is 0 Å². The van der Waals surface area contributed by atoms with Crippen LogP contribution in [0.15, 0.2) is 54.6 Å². The molecule has 0 bridgehead atoms. The van der Waals surface area contributed by atoms with E-state index in [9.17, 15) is 9.59 Å². The number of fused-ring (bicyclic) bond motifs is 1. The molecule has 1 N–H and O–H groups in total. The van der Waals surface area contributed by atoms with E-state index in [4.69, 9.17) is 0 Å². The van der Waals surface area contributed by atoms with Crippen LogP contribution in [-0.4, -0.2) is 39.9 Å². The van der Waals surface area contributed by atoms with Crippen molar-refractivity contribution < 1.29 is 9.59 Å². The number of hydrogen-bond acceptors (Lipinski definition) is 4. The molecule has 0 saturated carbocycles. The zero-order valence-corrected chi connectivity index (χ0v) is 14.2. The van der Waals surface area contributed by atoms with Gasteiger partial charge in [0, 0.05) is 18.8 Å². The van der Waals surface area contributed by atoms with Gasteiger partial charge in [-0.05, 0) is 30.7 Å². The van der Waals surface area contributed by atoms with Crippen LogP contribution in [0, 0.1) is 5.92 Å². The fraction of sp³-hybridized carbons (Fsp3) is 0.263. The van der Waals surface area contributed by atoms with Crippen LogP contribution in [0.2, 0.25) is 0 Å². The summed E-state index contributed by atoms with van der Waals surface area (Å²) in [6, 6.07) is 17.1. The Morgan fingerprint density at radius 3 is 2.73 bits per heavy atom. The molecular weight excluding hydrogens is 330 g/mol. The van der Waals surface area contributed by atoms with Crippen molar-refractivity contribution in [1.29, 1.82) is 0 Å². The number of anilines is 1. The van der Waals surface area contributed by atoms with E-state index in [1.807, 2.05) is 54.6 Å². The van der Waals surface area contributed by atoms with Crippen LogP contribution in [0.25, 0.3) is 11.0 Å². The molecule has 1 saturated heterocycles. The average Bonchev–Trinajstić information content (AvgIpc) is 3.26. The molecule has 2 aromatic carbocycles. The Labute approximate surface area is 150 Å². The Bertz CT molecular complexity index is 937. The van der Waals surface area contributed by atoms with E-state index in [2.05, 4.69) is 15.6 Å².